The van der Waals surface area contributed by atoms with Gasteiger partial charge in [-0.1, -0.05) is 28.1 Å². The van der Waals surface area contributed by atoms with Crippen LogP contribution in [0, 0.1) is 0 Å². The van der Waals surface area contributed by atoms with Crippen LogP contribution < -0.4 is 5.73 Å². The zero-order valence-electron chi connectivity index (χ0n) is 11.0. The number of nitrogens with two attached hydrogens (primary N) is 1. The average molecular weight is 327 g/mol. The van der Waals surface area contributed by atoms with Crippen molar-refractivity contribution >= 4 is 21.8 Å². The van der Waals surface area contributed by atoms with E-state index in [-0.39, 0.29) is 18.1 Å². The van der Waals surface area contributed by atoms with Crippen molar-refractivity contribution in [3.05, 3.63) is 34.3 Å². The van der Waals surface area contributed by atoms with Crippen LogP contribution in [-0.2, 0) is 16.1 Å². The number of ether oxygens (including phenoxy) is 1. The Hall–Kier alpha value is -0.910. The minimum Gasteiger partial charge on any atom is -0.364 e. The highest BCUT2D eigenvalue weighted by molar-refractivity contribution is 9.10. The number of amides is 1. The first-order valence-corrected chi connectivity index (χ1v) is 7.24. The molecule has 1 amide bonds. The second kappa shape index (κ2) is 6.50. The number of carbonyl (C=O) groups is 1. The van der Waals surface area contributed by atoms with E-state index in [0.29, 0.717) is 13.1 Å². The highest BCUT2D eigenvalue weighted by Gasteiger charge is 2.31. The predicted octanol–water partition coefficient (Wildman–Crippen LogP) is 1.91. The molecular formula is C14H19BrN2O2. The SMILES string of the molecule is CN(Cc1cccc(Br)c1)C(=O)C1CCC(CN)O1. The fourth-order valence-corrected chi connectivity index (χ4v) is 2.74. The van der Waals surface area contributed by atoms with Crippen molar-refractivity contribution in [2.45, 2.75) is 31.6 Å². The van der Waals surface area contributed by atoms with E-state index in [9.17, 15) is 4.79 Å². The Morgan fingerprint density at radius 1 is 1.53 bits per heavy atom. The van der Waals surface area contributed by atoms with Crippen LogP contribution in [0.4, 0.5) is 0 Å². The summed E-state index contributed by atoms with van der Waals surface area (Å²) in [6.45, 7) is 1.07. The van der Waals surface area contributed by atoms with Crippen molar-refractivity contribution < 1.29 is 9.53 Å². The Kier molecular flexibility index (Phi) is 4.96. The van der Waals surface area contributed by atoms with Crippen molar-refractivity contribution in [1.82, 2.24) is 4.90 Å². The molecule has 0 aliphatic carbocycles. The van der Waals surface area contributed by atoms with E-state index in [2.05, 4.69) is 15.9 Å². The molecule has 0 bridgehead atoms. The van der Waals surface area contributed by atoms with Crippen molar-refractivity contribution in [1.29, 1.82) is 0 Å². The van der Waals surface area contributed by atoms with Crippen LogP contribution in [0.3, 0.4) is 0 Å². The fourth-order valence-electron chi connectivity index (χ4n) is 2.29. The number of hydrogen-bond acceptors (Lipinski definition) is 3. The quantitative estimate of drug-likeness (QED) is 0.919. The first-order chi connectivity index (χ1) is 9.10. The Morgan fingerprint density at radius 2 is 2.32 bits per heavy atom. The van der Waals surface area contributed by atoms with E-state index < -0.39 is 0 Å². The maximum atomic E-state index is 12.2. The van der Waals surface area contributed by atoms with Gasteiger partial charge in [-0.15, -0.1) is 0 Å². The number of benzene rings is 1. The minimum atomic E-state index is -0.328. The first-order valence-electron chi connectivity index (χ1n) is 6.45. The average Bonchev–Trinajstić information content (AvgIpc) is 2.86. The maximum absolute atomic E-state index is 12.2. The molecule has 0 radical (unpaired) electrons. The summed E-state index contributed by atoms with van der Waals surface area (Å²) in [6, 6.07) is 7.96. The normalized spacial score (nSPS) is 22.5. The molecule has 2 N–H and O–H groups in total. The predicted molar refractivity (Wildman–Crippen MR) is 77.6 cm³/mol. The van der Waals surface area contributed by atoms with Gasteiger partial charge in [-0.2, -0.15) is 0 Å². The summed E-state index contributed by atoms with van der Waals surface area (Å²) < 4.78 is 6.65. The Labute approximate surface area is 122 Å². The molecule has 0 aromatic heterocycles. The molecule has 19 heavy (non-hydrogen) atoms. The number of nitrogens with zero attached hydrogens (tertiary/aromatic N) is 1. The molecule has 4 nitrogen and oxygen atoms in total. The third-order valence-corrected chi connectivity index (χ3v) is 3.82. The third-order valence-electron chi connectivity index (χ3n) is 3.33. The fraction of sp³-hybridized carbons (Fsp3) is 0.500. The van der Waals surface area contributed by atoms with Gasteiger partial charge in [0.05, 0.1) is 6.10 Å². The van der Waals surface area contributed by atoms with E-state index in [0.717, 1.165) is 22.9 Å². The van der Waals surface area contributed by atoms with Gasteiger partial charge in [0.25, 0.3) is 5.91 Å². The summed E-state index contributed by atoms with van der Waals surface area (Å²) in [4.78, 5) is 14.0. The number of likely N-dealkylation sites (N-methyl/N-ethyl adjacent to an activating group) is 1. The van der Waals surface area contributed by atoms with Crippen LogP contribution in [-0.4, -0.2) is 36.6 Å². The summed E-state index contributed by atoms with van der Waals surface area (Å²) in [5.41, 5.74) is 6.65. The van der Waals surface area contributed by atoms with Gasteiger partial charge in [0, 0.05) is 24.6 Å². The van der Waals surface area contributed by atoms with Crippen LogP contribution in [0.15, 0.2) is 28.7 Å². The maximum Gasteiger partial charge on any atom is 0.251 e. The van der Waals surface area contributed by atoms with Crippen molar-refractivity contribution in [2.24, 2.45) is 5.73 Å². The molecule has 1 aromatic carbocycles. The van der Waals surface area contributed by atoms with Crippen LogP contribution >= 0.6 is 15.9 Å². The number of carbonyl (C=O) groups excluding carboxylic acids is 1. The lowest BCUT2D eigenvalue weighted by atomic mass is 10.1. The molecule has 1 aliphatic rings. The van der Waals surface area contributed by atoms with Gasteiger partial charge in [-0.05, 0) is 30.5 Å². The van der Waals surface area contributed by atoms with Crippen molar-refractivity contribution in [2.75, 3.05) is 13.6 Å². The van der Waals surface area contributed by atoms with Crippen LogP contribution in [0.1, 0.15) is 18.4 Å². The lowest BCUT2D eigenvalue weighted by Gasteiger charge is -2.21. The van der Waals surface area contributed by atoms with Gasteiger partial charge in [0.15, 0.2) is 0 Å². The summed E-state index contributed by atoms with van der Waals surface area (Å²) in [7, 11) is 1.81. The van der Waals surface area contributed by atoms with Crippen LogP contribution in [0.2, 0.25) is 0 Å². The Balaban J connectivity index is 1.93. The Bertz CT molecular complexity index is 453. The molecule has 0 saturated carbocycles. The van der Waals surface area contributed by atoms with E-state index in [1.165, 1.54) is 0 Å². The van der Waals surface area contributed by atoms with Crippen molar-refractivity contribution in [3.8, 4) is 0 Å². The lowest BCUT2D eigenvalue weighted by Crippen LogP contribution is -2.36. The third kappa shape index (κ3) is 3.78. The zero-order valence-corrected chi connectivity index (χ0v) is 12.6. The molecule has 1 heterocycles. The van der Waals surface area contributed by atoms with Crippen molar-refractivity contribution in [3.63, 3.8) is 0 Å². The molecule has 0 spiro atoms. The van der Waals surface area contributed by atoms with E-state index in [1.807, 2.05) is 31.3 Å². The topological polar surface area (TPSA) is 55.6 Å². The number of hydrogen-bond donors (Lipinski definition) is 1. The summed E-state index contributed by atoms with van der Waals surface area (Å²) in [5, 5.41) is 0. The van der Waals surface area contributed by atoms with Gasteiger partial charge < -0.3 is 15.4 Å². The monoisotopic (exact) mass is 326 g/mol. The highest BCUT2D eigenvalue weighted by atomic mass is 79.9. The summed E-state index contributed by atoms with van der Waals surface area (Å²) in [5.74, 6) is 0.0379. The highest BCUT2D eigenvalue weighted by Crippen LogP contribution is 2.21. The van der Waals surface area contributed by atoms with Gasteiger partial charge in [0.2, 0.25) is 0 Å². The second-order valence-electron chi connectivity index (χ2n) is 4.88. The molecule has 2 atom stereocenters. The van der Waals surface area contributed by atoms with E-state index in [4.69, 9.17) is 10.5 Å². The van der Waals surface area contributed by atoms with E-state index >= 15 is 0 Å². The van der Waals surface area contributed by atoms with Crippen LogP contribution in [0.25, 0.3) is 0 Å². The first kappa shape index (κ1) is 14.5. The van der Waals surface area contributed by atoms with Gasteiger partial charge in [-0.3, -0.25) is 4.79 Å². The van der Waals surface area contributed by atoms with Crippen LogP contribution in [0.5, 0.6) is 0 Å². The summed E-state index contributed by atoms with van der Waals surface area (Å²) in [6.07, 6.45) is 1.35. The number of rotatable bonds is 4. The lowest BCUT2D eigenvalue weighted by molar-refractivity contribution is -0.141. The molecule has 1 fully saturated rings. The largest absolute Gasteiger partial charge is 0.364 e. The second-order valence-corrected chi connectivity index (χ2v) is 5.80. The van der Waals surface area contributed by atoms with Gasteiger partial charge in [-0.25, -0.2) is 0 Å². The molecule has 2 unspecified atom stereocenters. The molecule has 5 heteroatoms. The zero-order chi connectivity index (χ0) is 13.8. The smallest absolute Gasteiger partial charge is 0.251 e. The minimum absolute atomic E-state index is 0.0354. The molecular weight excluding hydrogens is 308 g/mol. The molecule has 1 aromatic rings. The molecule has 1 saturated heterocycles. The summed E-state index contributed by atoms with van der Waals surface area (Å²) >= 11 is 3.43. The number of halogens is 1. The molecule has 104 valence electrons. The molecule has 1 aliphatic heterocycles. The van der Waals surface area contributed by atoms with E-state index in [1.54, 1.807) is 4.90 Å². The van der Waals surface area contributed by atoms with Gasteiger partial charge >= 0.3 is 0 Å². The Morgan fingerprint density at radius 3 is 2.95 bits per heavy atom. The van der Waals surface area contributed by atoms with Gasteiger partial charge in [0.1, 0.15) is 6.10 Å². The molecule has 2 rings (SSSR count). The standard InChI is InChI=1S/C14H19BrN2O2/c1-17(9-10-3-2-4-11(15)7-10)14(18)13-6-5-12(8-16)19-13/h2-4,7,12-13H,5-6,8-9,16H2,1H3.